The Balaban J connectivity index is 2.35. The summed E-state index contributed by atoms with van der Waals surface area (Å²) in [5.41, 5.74) is -1.71. The fourth-order valence-corrected chi connectivity index (χ4v) is 2.66. The van der Waals surface area contributed by atoms with Gasteiger partial charge in [0, 0.05) is 0 Å². The Bertz CT molecular complexity index is 674. The van der Waals surface area contributed by atoms with E-state index in [0.717, 1.165) is 25.3 Å². The summed E-state index contributed by atoms with van der Waals surface area (Å²) in [7, 11) is 0. The Morgan fingerprint density at radius 1 is 0.828 bits per heavy atom. The second-order valence-electron chi connectivity index (χ2n) is 7.65. The number of halogens is 3. The molecule has 0 radical (unpaired) electrons. The summed E-state index contributed by atoms with van der Waals surface area (Å²) in [6.45, 7) is 4.89. The van der Waals surface area contributed by atoms with Crippen molar-refractivity contribution < 1.29 is 32.2 Å². The van der Waals surface area contributed by atoms with Gasteiger partial charge in [-0.15, -0.1) is 0 Å². The number of hydrogen-bond donors (Lipinski definition) is 0. The van der Waals surface area contributed by atoms with Gasteiger partial charge in [0.2, 0.25) is 5.82 Å². The number of carbonyl (C=O) groups excluding carboxylic acids is 2. The van der Waals surface area contributed by atoms with E-state index >= 15 is 0 Å². The molecule has 0 spiro atoms. The Morgan fingerprint density at radius 3 is 1.97 bits per heavy atom. The number of carbonyl (C=O) groups is 2. The van der Waals surface area contributed by atoms with Crippen LogP contribution in [0.15, 0.2) is 12.1 Å². The summed E-state index contributed by atoms with van der Waals surface area (Å²) in [6, 6.07) is 1.42. The molecular weight excluding hydrogens is 385 g/mol. The van der Waals surface area contributed by atoms with E-state index in [9.17, 15) is 22.8 Å². The van der Waals surface area contributed by atoms with Crippen LogP contribution in [-0.4, -0.2) is 18.5 Å². The van der Waals surface area contributed by atoms with Gasteiger partial charge in [-0.2, -0.15) is 4.39 Å². The Kier molecular flexibility index (Phi) is 10.8. The maximum Gasteiger partial charge on any atom is 0.328 e. The predicted molar refractivity (Wildman–Crippen MR) is 104 cm³/mol. The topological polar surface area (TPSA) is 52.6 Å². The first kappa shape index (κ1) is 25.0. The Labute approximate surface area is 170 Å². The van der Waals surface area contributed by atoms with Crippen LogP contribution in [0.5, 0.6) is 5.75 Å². The van der Waals surface area contributed by atoms with Crippen LogP contribution in [0.4, 0.5) is 13.2 Å². The van der Waals surface area contributed by atoms with Crippen molar-refractivity contribution in [3.8, 4) is 5.75 Å². The number of ether oxygens (including phenoxy) is 2. The molecule has 0 aliphatic heterocycles. The Morgan fingerprint density at radius 2 is 1.38 bits per heavy atom. The zero-order valence-corrected chi connectivity index (χ0v) is 17.5. The fraction of sp³-hybridized carbons (Fsp3) is 0.636. The van der Waals surface area contributed by atoms with Crippen LogP contribution in [0.25, 0.3) is 0 Å². The molecule has 0 saturated carbocycles. The van der Waals surface area contributed by atoms with Gasteiger partial charge >= 0.3 is 11.9 Å². The molecule has 164 valence electrons. The van der Waals surface area contributed by atoms with Crippen molar-refractivity contribution >= 4 is 11.9 Å². The van der Waals surface area contributed by atoms with Crippen LogP contribution in [-0.2, 0) is 14.3 Å². The van der Waals surface area contributed by atoms with E-state index < -0.39 is 40.6 Å². The van der Waals surface area contributed by atoms with Crippen molar-refractivity contribution in [2.24, 2.45) is 5.41 Å². The lowest BCUT2D eigenvalue weighted by atomic mass is 9.94. The number of benzene rings is 1. The van der Waals surface area contributed by atoms with Crippen molar-refractivity contribution in [3.05, 3.63) is 29.6 Å². The average molecular weight is 416 g/mol. The van der Waals surface area contributed by atoms with E-state index in [4.69, 9.17) is 9.47 Å². The molecule has 0 aliphatic rings. The quantitative estimate of drug-likeness (QED) is 0.128. The van der Waals surface area contributed by atoms with Gasteiger partial charge in [0.25, 0.3) is 0 Å². The van der Waals surface area contributed by atoms with E-state index in [2.05, 4.69) is 6.92 Å². The molecule has 0 heterocycles. The zero-order valence-electron chi connectivity index (χ0n) is 17.5. The highest BCUT2D eigenvalue weighted by Gasteiger charge is 2.40. The van der Waals surface area contributed by atoms with E-state index in [1.165, 1.54) is 46.0 Å². The minimum absolute atomic E-state index is 0.172. The van der Waals surface area contributed by atoms with Crippen molar-refractivity contribution in [3.63, 3.8) is 0 Å². The first-order valence-electron chi connectivity index (χ1n) is 10.2. The molecule has 0 bridgehead atoms. The zero-order chi connectivity index (χ0) is 21.9. The summed E-state index contributed by atoms with van der Waals surface area (Å²) in [5, 5.41) is 0. The smallest absolute Gasteiger partial charge is 0.328 e. The molecular formula is C22H31F3O4. The van der Waals surface area contributed by atoms with Crippen molar-refractivity contribution in [1.29, 1.82) is 0 Å². The predicted octanol–water partition coefficient (Wildman–Crippen LogP) is 6.11. The fourth-order valence-electron chi connectivity index (χ4n) is 2.66. The number of hydrogen-bond acceptors (Lipinski definition) is 4. The van der Waals surface area contributed by atoms with Crippen molar-refractivity contribution in [1.82, 2.24) is 0 Å². The van der Waals surface area contributed by atoms with Crippen molar-refractivity contribution in [2.45, 2.75) is 78.6 Å². The number of rotatable bonds is 13. The summed E-state index contributed by atoms with van der Waals surface area (Å²) in [4.78, 5) is 24.4. The lowest BCUT2D eigenvalue weighted by molar-refractivity contribution is -0.164. The minimum Gasteiger partial charge on any atom is -0.465 e. The van der Waals surface area contributed by atoms with Gasteiger partial charge in [-0.05, 0) is 32.4 Å². The van der Waals surface area contributed by atoms with Crippen LogP contribution < -0.4 is 4.74 Å². The third-order valence-corrected chi connectivity index (χ3v) is 4.70. The van der Waals surface area contributed by atoms with E-state index in [-0.39, 0.29) is 6.61 Å². The standard InChI is InChI=1S/C22H31F3O4/c1-4-5-6-7-8-9-10-11-12-15-28-20(26)22(2,3)21(27)29-17-14-13-16(23)18(24)19(17)25/h13-14H,4-12,15H2,1-3H3. The van der Waals surface area contributed by atoms with Crippen LogP contribution in [0, 0.1) is 22.9 Å². The molecule has 0 aromatic heterocycles. The van der Waals surface area contributed by atoms with Crippen LogP contribution in [0.3, 0.4) is 0 Å². The molecule has 1 rings (SSSR count). The van der Waals surface area contributed by atoms with Gasteiger partial charge in [-0.3, -0.25) is 9.59 Å². The largest absolute Gasteiger partial charge is 0.465 e. The highest BCUT2D eigenvalue weighted by Crippen LogP contribution is 2.26. The second kappa shape index (κ2) is 12.5. The molecule has 0 aliphatic carbocycles. The third-order valence-electron chi connectivity index (χ3n) is 4.70. The van der Waals surface area contributed by atoms with Crippen LogP contribution in [0.2, 0.25) is 0 Å². The second-order valence-corrected chi connectivity index (χ2v) is 7.65. The summed E-state index contributed by atoms with van der Waals surface area (Å²) in [6.07, 6.45) is 10.0. The first-order valence-corrected chi connectivity index (χ1v) is 10.2. The highest BCUT2D eigenvalue weighted by molar-refractivity contribution is 5.99. The molecule has 0 atom stereocenters. The molecule has 0 unspecified atom stereocenters. The summed E-state index contributed by atoms with van der Waals surface area (Å²) >= 11 is 0. The van der Waals surface area contributed by atoms with Gasteiger partial charge in [-0.1, -0.05) is 58.3 Å². The first-order chi connectivity index (χ1) is 13.7. The molecule has 0 amide bonds. The van der Waals surface area contributed by atoms with Gasteiger partial charge in [-0.25, -0.2) is 8.78 Å². The molecule has 4 nitrogen and oxygen atoms in total. The average Bonchev–Trinajstić information content (AvgIpc) is 2.69. The van der Waals surface area contributed by atoms with E-state index in [0.29, 0.717) is 12.5 Å². The van der Waals surface area contributed by atoms with Crippen LogP contribution in [0.1, 0.15) is 78.6 Å². The SMILES string of the molecule is CCCCCCCCCCCOC(=O)C(C)(C)C(=O)Oc1ccc(F)c(F)c1F. The molecule has 7 heteroatoms. The number of unbranched alkanes of at least 4 members (excludes halogenated alkanes) is 8. The van der Waals surface area contributed by atoms with Crippen molar-refractivity contribution in [2.75, 3.05) is 6.61 Å². The lowest BCUT2D eigenvalue weighted by Gasteiger charge is -2.20. The molecule has 0 saturated heterocycles. The summed E-state index contributed by atoms with van der Waals surface area (Å²) in [5.74, 6) is -7.49. The maximum absolute atomic E-state index is 13.6. The maximum atomic E-state index is 13.6. The summed E-state index contributed by atoms with van der Waals surface area (Å²) < 4.78 is 49.7. The molecule has 0 fully saturated rings. The molecule has 1 aromatic rings. The van der Waals surface area contributed by atoms with Gasteiger partial charge in [0.05, 0.1) is 6.61 Å². The Hall–Kier alpha value is -2.05. The van der Waals surface area contributed by atoms with E-state index in [1.54, 1.807) is 0 Å². The van der Waals surface area contributed by atoms with Gasteiger partial charge in [0.1, 0.15) is 0 Å². The monoisotopic (exact) mass is 416 g/mol. The third kappa shape index (κ3) is 8.07. The lowest BCUT2D eigenvalue weighted by Crippen LogP contribution is -2.38. The number of esters is 2. The molecule has 1 aromatic carbocycles. The normalized spacial score (nSPS) is 11.4. The molecule has 0 N–H and O–H groups in total. The van der Waals surface area contributed by atoms with Crippen LogP contribution >= 0.6 is 0 Å². The van der Waals surface area contributed by atoms with E-state index in [1.807, 2.05) is 0 Å². The van der Waals surface area contributed by atoms with Gasteiger partial charge < -0.3 is 9.47 Å². The van der Waals surface area contributed by atoms with Gasteiger partial charge in [0.15, 0.2) is 22.8 Å². The molecule has 29 heavy (non-hydrogen) atoms. The minimum atomic E-state index is -1.75. The highest BCUT2D eigenvalue weighted by atomic mass is 19.2.